The first-order valence-corrected chi connectivity index (χ1v) is 7.67. The summed E-state index contributed by atoms with van der Waals surface area (Å²) < 4.78 is 15.9. The number of nitrogens with zero attached hydrogens (tertiary/aromatic N) is 1. The molecule has 5 heteroatoms. The third-order valence-electron chi connectivity index (χ3n) is 3.38. The van der Waals surface area contributed by atoms with E-state index < -0.39 is 0 Å². The maximum absolute atomic E-state index is 11.6. The van der Waals surface area contributed by atoms with Crippen molar-refractivity contribution < 1.29 is 18.8 Å². The van der Waals surface area contributed by atoms with Gasteiger partial charge in [-0.2, -0.15) is 0 Å². The van der Waals surface area contributed by atoms with Crippen LogP contribution in [-0.2, 0) is 11.3 Å². The van der Waals surface area contributed by atoms with E-state index in [-0.39, 0.29) is 12.6 Å². The predicted octanol–water partition coefficient (Wildman–Crippen LogP) is 4.10. The molecule has 0 amide bonds. The van der Waals surface area contributed by atoms with Crippen molar-refractivity contribution in [2.75, 3.05) is 6.61 Å². The van der Waals surface area contributed by atoms with Crippen molar-refractivity contribution in [3.05, 3.63) is 72.0 Å². The summed E-state index contributed by atoms with van der Waals surface area (Å²) in [6.45, 7) is 2.39. The predicted molar refractivity (Wildman–Crippen MR) is 88.7 cm³/mol. The second-order valence-corrected chi connectivity index (χ2v) is 5.08. The molecule has 2 aromatic carbocycles. The van der Waals surface area contributed by atoms with Crippen molar-refractivity contribution in [3.63, 3.8) is 0 Å². The smallest absolute Gasteiger partial charge is 0.338 e. The van der Waals surface area contributed by atoms with Crippen molar-refractivity contribution >= 4 is 5.97 Å². The molecule has 0 aliphatic heterocycles. The van der Waals surface area contributed by atoms with Gasteiger partial charge in [0, 0.05) is 11.6 Å². The average molecular weight is 323 g/mol. The third kappa shape index (κ3) is 3.81. The van der Waals surface area contributed by atoms with Gasteiger partial charge in [0.1, 0.15) is 18.1 Å². The van der Waals surface area contributed by atoms with Gasteiger partial charge >= 0.3 is 5.97 Å². The summed E-state index contributed by atoms with van der Waals surface area (Å²) >= 11 is 0. The molecule has 1 heterocycles. The Labute approximate surface area is 139 Å². The Kier molecular flexibility index (Phi) is 4.91. The minimum atomic E-state index is -0.341. The zero-order valence-electron chi connectivity index (χ0n) is 13.3. The number of hydrogen-bond acceptors (Lipinski definition) is 5. The molecule has 0 aliphatic carbocycles. The zero-order chi connectivity index (χ0) is 16.8. The average Bonchev–Trinajstić information content (AvgIpc) is 3.10. The topological polar surface area (TPSA) is 61.6 Å². The first kappa shape index (κ1) is 15.8. The number of ether oxygens (including phenoxy) is 2. The van der Waals surface area contributed by atoms with Crippen molar-refractivity contribution in [1.29, 1.82) is 0 Å². The minimum absolute atomic E-state index is 0.262. The molecule has 0 saturated heterocycles. The Balaban J connectivity index is 1.60. The van der Waals surface area contributed by atoms with Crippen molar-refractivity contribution in [2.45, 2.75) is 13.5 Å². The largest absolute Gasteiger partial charge is 0.486 e. The van der Waals surface area contributed by atoms with Gasteiger partial charge in [-0.3, -0.25) is 0 Å². The summed E-state index contributed by atoms with van der Waals surface area (Å²) in [5, 5.41) is 4.04. The Morgan fingerprint density at radius 1 is 1.08 bits per heavy atom. The first-order valence-electron chi connectivity index (χ1n) is 7.67. The fourth-order valence-electron chi connectivity index (χ4n) is 2.18. The van der Waals surface area contributed by atoms with Gasteiger partial charge in [-0.15, -0.1) is 0 Å². The van der Waals surface area contributed by atoms with Crippen LogP contribution in [0.4, 0.5) is 0 Å². The molecule has 0 radical (unpaired) electrons. The molecule has 0 bridgehead atoms. The van der Waals surface area contributed by atoms with Gasteiger partial charge in [0.05, 0.1) is 12.2 Å². The van der Waals surface area contributed by atoms with Crippen LogP contribution in [-0.4, -0.2) is 17.7 Å². The minimum Gasteiger partial charge on any atom is -0.486 e. The summed E-state index contributed by atoms with van der Waals surface area (Å²) in [7, 11) is 0. The number of carbonyl (C=O) groups excluding carboxylic acids is 1. The van der Waals surface area contributed by atoms with E-state index in [4.69, 9.17) is 14.0 Å². The molecule has 3 rings (SSSR count). The summed E-state index contributed by atoms with van der Waals surface area (Å²) in [6, 6.07) is 18.4. The summed E-state index contributed by atoms with van der Waals surface area (Å²) in [5.74, 6) is 0.927. The molecule has 24 heavy (non-hydrogen) atoms. The van der Waals surface area contributed by atoms with Gasteiger partial charge in [0.2, 0.25) is 0 Å². The number of hydrogen-bond donors (Lipinski definition) is 0. The van der Waals surface area contributed by atoms with E-state index in [1.807, 2.05) is 36.4 Å². The van der Waals surface area contributed by atoms with Crippen LogP contribution in [0.15, 0.2) is 65.2 Å². The van der Waals surface area contributed by atoms with Crippen LogP contribution in [0.2, 0.25) is 0 Å². The number of aromatic nitrogens is 1. The van der Waals surface area contributed by atoms with Gasteiger partial charge in [0.15, 0.2) is 5.76 Å². The van der Waals surface area contributed by atoms with Crippen LogP contribution in [0, 0.1) is 0 Å². The second kappa shape index (κ2) is 7.46. The highest BCUT2D eigenvalue weighted by Gasteiger charge is 2.08. The lowest BCUT2D eigenvalue weighted by Gasteiger charge is -2.05. The molecule has 0 fully saturated rings. The van der Waals surface area contributed by atoms with E-state index in [1.165, 1.54) is 0 Å². The summed E-state index contributed by atoms with van der Waals surface area (Å²) in [4.78, 5) is 11.6. The summed E-state index contributed by atoms with van der Waals surface area (Å²) in [6.07, 6.45) is 0. The Hall–Kier alpha value is -3.08. The van der Waals surface area contributed by atoms with Crippen LogP contribution < -0.4 is 4.74 Å². The van der Waals surface area contributed by atoms with E-state index in [2.05, 4.69) is 5.16 Å². The van der Waals surface area contributed by atoms with Crippen molar-refractivity contribution in [3.8, 4) is 17.0 Å². The molecule has 1 aromatic heterocycles. The SMILES string of the molecule is CCOC(=O)c1ccc(OCc2cc(-c3ccccc3)no2)cc1. The number of carbonyl (C=O) groups is 1. The Morgan fingerprint density at radius 3 is 2.54 bits per heavy atom. The molecule has 0 atom stereocenters. The highest BCUT2D eigenvalue weighted by Crippen LogP contribution is 2.20. The van der Waals surface area contributed by atoms with E-state index in [0.717, 1.165) is 11.3 Å². The number of benzene rings is 2. The highest BCUT2D eigenvalue weighted by atomic mass is 16.5. The van der Waals surface area contributed by atoms with E-state index in [1.54, 1.807) is 31.2 Å². The van der Waals surface area contributed by atoms with Gasteiger partial charge in [-0.05, 0) is 31.2 Å². The lowest BCUT2D eigenvalue weighted by atomic mass is 10.1. The Bertz CT molecular complexity index is 794. The normalized spacial score (nSPS) is 10.4. The standard InChI is InChI=1S/C19H17NO4/c1-2-22-19(21)15-8-10-16(11-9-15)23-13-17-12-18(20-24-17)14-6-4-3-5-7-14/h3-12H,2,13H2,1H3. The van der Waals surface area contributed by atoms with Crippen LogP contribution in [0.5, 0.6) is 5.75 Å². The van der Waals surface area contributed by atoms with Crippen LogP contribution >= 0.6 is 0 Å². The molecule has 5 nitrogen and oxygen atoms in total. The van der Waals surface area contributed by atoms with Crippen molar-refractivity contribution in [1.82, 2.24) is 5.16 Å². The molecule has 122 valence electrons. The molecule has 0 spiro atoms. The molecule has 0 unspecified atom stereocenters. The van der Waals surface area contributed by atoms with E-state index in [0.29, 0.717) is 23.7 Å². The fraction of sp³-hybridized carbons (Fsp3) is 0.158. The lowest BCUT2D eigenvalue weighted by Crippen LogP contribution is -2.04. The molecule has 3 aromatic rings. The van der Waals surface area contributed by atoms with Crippen LogP contribution in [0.25, 0.3) is 11.3 Å². The Morgan fingerprint density at radius 2 is 1.83 bits per heavy atom. The van der Waals surface area contributed by atoms with Gasteiger partial charge in [-0.1, -0.05) is 35.5 Å². The number of esters is 1. The quantitative estimate of drug-likeness (QED) is 0.639. The highest BCUT2D eigenvalue weighted by molar-refractivity contribution is 5.89. The summed E-state index contributed by atoms with van der Waals surface area (Å²) in [5.41, 5.74) is 2.26. The van der Waals surface area contributed by atoms with E-state index >= 15 is 0 Å². The van der Waals surface area contributed by atoms with Gasteiger partial charge in [0.25, 0.3) is 0 Å². The second-order valence-electron chi connectivity index (χ2n) is 5.08. The molecule has 0 aliphatic rings. The zero-order valence-corrected chi connectivity index (χ0v) is 13.3. The fourth-order valence-corrected chi connectivity index (χ4v) is 2.18. The first-order chi connectivity index (χ1) is 11.8. The van der Waals surface area contributed by atoms with Crippen molar-refractivity contribution in [2.24, 2.45) is 0 Å². The van der Waals surface area contributed by atoms with E-state index in [9.17, 15) is 4.79 Å². The lowest BCUT2D eigenvalue weighted by molar-refractivity contribution is 0.0526. The van der Waals surface area contributed by atoms with Gasteiger partial charge < -0.3 is 14.0 Å². The monoisotopic (exact) mass is 323 g/mol. The maximum atomic E-state index is 11.6. The molecule has 0 N–H and O–H groups in total. The third-order valence-corrected chi connectivity index (χ3v) is 3.38. The maximum Gasteiger partial charge on any atom is 0.338 e. The molecular formula is C19H17NO4. The number of rotatable bonds is 6. The molecular weight excluding hydrogens is 306 g/mol. The van der Waals surface area contributed by atoms with Crippen LogP contribution in [0.1, 0.15) is 23.0 Å². The molecule has 0 saturated carbocycles. The van der Waals surface area contributed by atoms with Gasteiger partial charge in [-0.25, -0.2) is 4.79 Å². The van der Waals surface area contributed by atoms with Crippen LogP contribution in [0.3, 0.4) is 0 Å².